The summed E-state index contributed by atoms with van der Waals surface area (Å²) in [6, 6.07) is 40.7. The van der Waals surface area contributed by atoms with Crippen LogP contribution in [-0.2, 0) is 0 Å². The number of nitrogens with two attached hydrogens (primary N) is 1. The average Bonchev–Trinajstić information content (AvgIpc) is 3.18. The van der Waals surface area contributed by atoms with Gasteiger partial charge in [0.2, 0.25) is 0 Å². The van der Waals surface area contributed by atoms with Gasteiger partial charge in [-0.25, -0.2) is 0 Å². The smallest absolute Gasteiger partial charge is 0.161 e. The Morgan fingerprint density at radius 2 is 0.651 bits per heavy atom. The van der Waals surface area contributed by atoms with Gasteiger partial charge in [0.1, 0.15) is 0 Å². The third-order valence-electron chi connectivity index (χ3n) is 16.5. The first-order valence-corrected chi connectivity index (χ1v) is 28.7. The number of hydrogen-bond donors (Lipinski definition) is 8. The number of allylic oxidation sites excluding steroid dienone is 1. The molecule has 9 N–H and O–H groups in total. The quantitative estimate of drug-likeness (QED) is 0.0333. The van der Waals surface area contributed by atoms with Crippen LogP contribution >= 0.6 is 23.2 Å². The van der Waals surface area contributed by atoms with E-state index in [9.17, 15) is 14.4 Å². The molecule has 4 unspecified atom stereocenters. The van der Waals surface area contributed by atoms with Crippen LogP contribution < -0.4 is 11.1 Å². The Kier molecular flexibility index (Phi) is 17.2. The topological polar surface area (TPSA) is 184 Å². The van der Waals surface area contributed by atoms with Gasteiger partial charge in [0.05, 0.1) is 23.7 Å². The highest BCUT2D eigenvalue weighted by atomic mass is 35.5. The third-order valence-corrected chi connectivity index (χ3v) is 17.0. The van der Waals surface area contributed by atoms with Gasteiger partial charge in [0.15, 0.2) is 17.3 Å². The van der Waals surface area contributed by atoms with Crippen molar-refractivity contribution in [2.75, 3.05) is 18.1 Å². The lowest BCUT2D eigenvalue weighted by Gasteiger charge is -2.20. The second-order valence-corrected chi connectivity index (χ2v) is 23.1. The number of aromatic amines is 6. The summed E-state index contributed by atoms with van der Waals surface area (Å²) >= 11 is 12.5. The van der Waals surface area contributed by atoms with E-state index in [-0.39, 0.29) is 41.0 Å². The van der Waals surface area contributed by atoms with Gasteiger partial charge in [-0.05, 0) is 206 Å². The van der Waals surface area contributed by atoms with E-state index >= 15 is 0 Å². The number of nitrogens with one attached hydrogen (secondary N) is 7. The lowest BCUT2D eigenvalue weighted by molar-refractivity contribution is 0.100. The van der Waals surface area contributed by atoms with Crippen LogP contribution in [0.4, 0.5) is 11.4 Å². The van der Waals surface area contributed by atoms with Gasteiger partial charge in [0.25, 0.3) is 0 Å². The third kappa shape index (κ3) is 11.7. The lowest BCUT2D eigenvalue weighted by Crippen LogP contribution is -2.09. The zero-order valence-electron chi connectivity index (χ0n) is 49.6. The van der Waals surface area contributed by atoms with Crippen molar-refractivity contribution in [1.82, 2.24) is 29.9 Å². The standard InChI is InChI=1S/C36H41N5O.C34H33Cl2N3O2/c1-19(2)31-20(3)35(39-22(31)5)33(25-9-13-27(37)14-10-25)29-17-18-30(41-29)34(26-11-15-28(38-8)16-12-26)36-21(4)32(24(7)42)23(6)40-36;1-17-29(21(5)40)19(3)37-33(17)31(23-7-11-25(35)12-8-23)27-15-16-28(39-27)32(24-9-13-26(36)14-10-24)34-18(2)30(22(6)41)20(4)38-34/h9-18,33-34,38-41H,1,37H2,2-8H3;7-16,31-32,37-39H,1-6H3. The van der Waals surface area contributed by atoms with E-state index in [1.54, 1.807) is 20.8 Å². The maximum absolute atomic E-state index is 12.6. The first kappa shape index (κ1) is 59.1. The van der Waals surface area contributed by atoms with Gasteiger partial charge >= 0.3 is 0 Å². The molecule has 426 valence electrons. The molecule has 10 rings (SSSR count). The van der Waals surface area contributed by atoms with Crippen molar-refractivity contribution < 1.29 is 14.4 Å². The summed E-state index contributed by atoms with van der Waals surface area (Å²) in [7, 11) is 1.92. The van der Waals surface area contributed by atoms with Gasteiger partial charge in [-0.15, -0.1) is 0 Å². The largest absolute Gasteiger partial charge is 0.399 e. The number of nitrogen functional groups attached to an aromatic ring is 1. The van der Waals surface area contributed by atoms with Gasteiger partial charge < -0.3 is 41.0 Å². The van der Waals surface area contributed by atoms with Crippen LogP contribution in [-0.4, -0.2) is 54.3 Å². The molecule has 6 heterocycles. The molecule has 0 fully saturated rings. The van der Waals surface area contributed by atoms with E-state index < -0.39 is 0 Å². The fraction of sp³-hybridized carbons (Fsp3) is 0.243. The first-order valence-electron chi connectivity index (χ1n) is 28.0. The predicted octanol–water partition coefficient (Wildman–Crippen LogP) is 17.1. The number of ketones is 3. The maximum atomic E-state index is 12.6. The Balaban J connectivity index is 0.000000200. The van der Waals surface area contributed by atoms with Crippen molar-refractivity contribution in [2.24, 2.45) is 0 Å². The number of hydrogen-bond acceptors (Lipinski definition) is 5. The van der Waals surface area contributed by atoms with Crippen LogP contribution in [0.5, 0.6) is 0 Å². The Bertz CT molecular complexity index is 3920. The second-order valence-electron chi connectivity index (χ2n) is 22.2. The van der Waals surface area contributed by atoms with Crippen molar-refractivity contribution in [3.05, 3.63) is 273 Å². The molecule has 13 heteroatoms. The summed E-state index contributed by atoms with van der Waals surface area (Å²) in [5.74, 6) is -0.453. The van der Waals surface area contributed by atoms with Crippen LogP contribution in [0.15, 0.2) is 128 Å². The molecule has 0 spiro atoms. The summed E-state index contributed by atoms with van der Waals surface area (Å²) in [5.41, 5.74) is 32.5. The zero-order valence-corrected chi connectivity index (χ0v) is 51.1. The van der Waals surface area contributed by atoms with Crippen molar-refractivity contribution in [3.8, 4) is 0 Å². The SMILES string of the molecule is C=C(C)c1c(C)[nH]c(C(c2ccc(N)cc2)c2ccc(C(c3ccc(NC)cc3)c3[nH]c(C)c(C(C)=O)c3C)[nH]2)c1C.CC(=O)c1c(C)[nH]c(C(c2ccc(Cl)cc2)c2ccc(C(c3ccc(Cl)cc3)c3[nH]c(C)c(C(C)=O)c3C)[nH]2)c1C. The minimum absolute atomic E-state index is 0.0335. The van der Waals surface area contributed by atoms with E-state index in [2.05, 4.69) is 123 Å². The zero-order chi connectivity index (χ0) is 59.9. The molecule has 4 aromatic carbocycles. The van der Waals surface area contributed by atoms with Crippen LogP contribution in [0, 0.1) is 55.4 Å². The van der Waals surface area contributed by atoms with Crippen LogP contribution in [0.2, 0.25) is 10.0 Å². The first-order chi connectivity index (χ1) is 39.5. The number of aromatic nitrogens is 6. The molecule has 0 radical (unpaired) electrons. The Morgan fingerprint density at radius 3 is 0.892 bits per heavy atom. The molecule has 0 aliphatic rings. The number of carbonyl (C=O) groups is 3. The summed E-state index contributed by atoms with van der Waals surface area (Å²) in [6.45, 7) is 27.3. The molecule has 83 heavy (non-hydrogen) atoms. The number of H-pyrrole nitrogens is 6. The maximum Gasteiger partial charge on any atom is 0.161 e. The summed E-state index contributed by atoms with van der Waals surface area (Å²) in [6.07, 6.45) is 0. The molecule has 11 nitrogen and oxygen atoms in total. The summed E-state index contributed by atoms with van der Waals surface area (Å²) in [4.78, 5) is 59.4. The Labute approximate surface area is 497 Å². The monoisotopic (exact) mass is 1140 g/mol. The fourth-order valence-corrected chi connectivity index (χ4v) is 13.1. The second kappa shape index (κ2) is 24.1. The Morgan fingerprint density at radius 1 is 0.398 bits per heavy atom. The number of carbonyl (C=O) groups excluding carboxylic acids is 3. The van der Waals surface area contributed by atoms with Gasteiger partial charge in [-0.1, -0.05) is 78.3 Å². The molecule has 0 amide bonds. The molecule has 0 saturated carbocycles. The minimum Gasteiger partial charge on any atom is -0.399 e. The number of anilines is 2. The number of Topliss-reactive ketones (excluding diaryl/α,β-unsaturated/α-hetero) is 3. The number of halogens is 2. The highest BCUT2D eigenvalue weighted by Gasteiger charge is 2.32. The normalized spacial score (nSPS) is 12.8. The summed E-state index contributed by atoms with van der Waals surface area (Å²) in [5, 5.41) is 4.53. The molecule has 0 saturated heterocycles. The molecule has 0 aliphatic heterocycles. The number of benzene rings is 4. The van der Waals surface area contributed by atoms with E-state index in [1.165, 1.54) is 11.1 Å². The molecule has 0 bridgehead atoms. The molecule has 4 atom stereocenters. The van der Waals surface area contributed by atoms with E-state index in [0.717, 1.165) is 141 Å². The van der Waals surface area contributed by atoms with E-state index in [0.29, 0.717) is 10.0 Å². The van der Waals surface area contributed by atoms with Crippen molar-refractivity contribution in [3.63, 3.8) is 0 Å². The highest BCUT2D eigenvalue weighted by Crippen LogP contribution is 2.43. The van der Waals surface area contributed by atoms with Crippen molar-refractivity contribution >= 4 is 57.5 Å². The van der Waals surface area contributed by atoms with Crippen LogP contribution in [0.25, 0.3) is 5.57 Å². The van der Waals surface area contributed by atoms with Crippen LogP contribution in [0.3, 0.4) is 0 Å². The van der Waals surface area contributed by atoms with Crippen LogP contribution in [0.1, 0.15) is 201 Å². The highest BCUT2D eigenvalue weighted by molar-refractivity contribution is 6.30. The molecular formula is C70H74Cl2N8O3. The molecule has 10 aromatic rings. The minimum atomic E-state index is -0.196. The summed E-state index contributed by atoms with van der Waals surface area (Å²) < 4.78 is 0. The van der Waals surface area contributed by atoms with E-state index in [4.69, 9.17) is 28.9 Å². The molecule has 0 aliphatic carbocycles. The van der Waals surface area contributed by atoms with Crippen molar-refractivity contribution in [1.29, 1.82) is 0 Å². The number of aryl methyl sites for hydroxylation is 4. The van der Waals surface area contributed by atoms with E-state index in [1.807, 2.05) is 109 Å². The van der Waals surface area contributed by atoms with Gasteiger partial charge in [0, 0.05) is 119 Å². The fourth-order valence-electron chi connectivity index (χ4n) is 12.9. The van der Waals surface area contributed by atoms with Gasteiger partial charge in [-0.3, -0.25) is 14.4 Å². The Hall–Kier alpha value is -8.51. The molecular weight excluding hydrogens is 1070 g/mol. The number of rotatable bonds is 17. The lowest BCUT2D eigenvalue weighted by atomic mass is 9.89. The molecule has 6 aromatic heterocycles. The van der Waals surface area contributed by atoms with Gasteiger partial charge in [-0.2, -0.15) is 0 Å². The average molecular weight is 1150 g/mol. The predicted molar refractivity (Wildman–Crippen MR) is 341 cm³/mol. The van der Waals surface area contributed by atoms with Crippen molar-refractivity contribution in [2.45, 2.75) is 107 Å².